The smallest absolute Gasteiger partial charge is 0.309 e. The molecule has 1 N–H and O–H groups in total. The van der Waals surface area contributed by atoms with Crippen molar-refractivity contribution in [3.63, 3.8) is 0 Å². The van der Waals surface area contributed by atoms with E-state index in [-0.39, 0.29) is 24.4 Å². The summed E-state index contributed by atoms with van der Waals surface area (Å²) in [5.41, 5.74) is 1.02. The summed E-state index contributed by atoms with van der Waals surface area (Å²) in [5.74, 6) is -2.21. The quantitative estimate of drug-likeness (QED) is 0.455. The van der Waals surface area contributed by atoms with Crippen LogP contribution in [0.25, 0.3) is 0 Å². The number of carbonyl (C=O) groups excluding carboxylic acids is 4. The van der Waals surface area contributed by atoms with Crippen molar-refractivity contribution in [3.05, 3.63) is 59.7 Å². The number of anilines is 1. The first-order valence-corrected chi connectivity index (χ1v) is 12.6. The zero-order valence-corrected chi connectivity index (χ0v) is 19.9. The number of piperidine rings is 1. The van der Waals surface area contributed by atoms with Crippen LogP contribution in [-0.2, 0) is 24.3 Å². The second kappa shape index (κ2) is 9.96. The molecule has 0 bridgehead atoms. The van der Waals surface area contributed by atoms with Gasteiger partial charge in [0.2, 0.25) is 15.9 Å². The second-order valence-electron chi connectivity index (χ2n) is 8.36. The number of amides is 3. The number of esters is 1. The molecule has 1 saturated heterocycles. The van der Waals surface area contributed by atoms with Crippen LogP contribution >= 0.6 is 0 Å². The lowest BCUT2D eigenvalue weighted by atomic mass is 10.0. The minimum Gasteiger partial charge on any atom is -0.469 e. The van der Waals surface area contributed by atoms with E-state index in [0.717, 1.165) is 4.90 Å². The predicted octanol–water partition coefficient (Wildman–Crippen LogP) is 1.89. The van der Waals surface area contributed by atoms with E-state index in [2.05, 4.69) is 5.32 Å². The number of hydrogen-bond donors (Lipinski definition) is 1. The zero-order valence-electron chi connectivity index (χ0n) is 19.1. The Kier molecular flexibility index (Phi) is 6.99. The highest BCUT2D eigenvalue weighted by Gasteiger charge is 2.35. The molecular formula is C24H25N3O7S. The van der Waals surface area contributed by atoms with Crippen LogP contribution in [0.1, 0.15) is 40.0 Å². The van der Waals surface area contributed by atoms with Crippen molar-refractivity contribution in [2.45, 2.75) is 24.2 Å². The summed E-state index contributed by atoms with van der Waals surface area (Å²) in [7, 11) is -2.53. The normalized spacial score (nSPS) is 18.3. The topological polar surface area (TPSA) is 130 Å². The molecule has 4 rings (SSSR count). The van der Waals surface area contributed by atoms with Gasteiger partial charge >= 0.3 is 5.97 Å². The van der Waals surface area contributed by atoms with Gasteiger partial charge in [-0.25, -0.2) is 8.42 Å². The van der Waals surface area contributed by atoms with Gasteiger partial charge in [0.25, 0.3) is 11.8 Å². The molecule has 0 aliphatic carbocycles. The van der Waals surface area contributed by atoms with Gasteiger partial charge < -0.3 is 10.1 Å². The van der Waals surface area contributed by atoms with E-state index in [1.807, 2.05) is 0 Å². The first-order chi connectivity index (χ1) is 16.7. The number of hydrogen-bond acceptors (Lipinski definition) is 7. The molecule has 2 aromatic carbocycles. The van der Waals surface area contributed by atoms with Gasteiger partial charge in [-0.3, -0.25) is 24.1 Å². The van der Waals surface area contributed by atoms with Crippen LogP contribution in [0, 0.1) is 5.92 Å². The fraction of sp³-hybridized carbons (Fsp3) is 0.333. The molecule has 2 aliphatic rings. The Bertz CT molecular complexity index is 1240. The highest BCUT2D eigenvalue weighted by molar-refractivity contribution is 7.89. The summed E-state index contributed by atoms with van der Waals surface area (Å²) in [6, 6.07) is 12.2. The lowest BCUT2D eigenvalue weighted by molar-refractivity contribution is -0.146. The molecule has 2 aromatic rings. The van der Waals surface area contributed by atoms with E-state index in [9.17, 15) is 27.6 Å². The molecule has 1 atom stereocenters. The molecule has 2 heterocycles. The molecule has 2 aliphatic heterocycles. The summed E-state index contributed by atoms with van der Waals surface area (Å²) in [6.07, 6.45) is 1.03. The van der Waals surface area contributed by atoms with E-state index in [4.69, 9.17) is 4.74 Å². The average Bonchev–Trinajstić information content (AvgIpc) is 3.12. The highest BCUT2D eigenvalue weighted by Crippen LogP contribution is 2.26. The van der Waals surface area contributed by atoms with E-state index >= 15 is 0 Å². The summed E-state index contributed by atoms with van der Waals surface area (Å²) >= 11 is 0. The number of nitrogens with zero attached hydrogens (tertiary/aromatic N) is 2. The molecule has 0 saturated carbocycles. The van der Waals surface area contributed by atoms with Gasteiger partial charge in [0, 0.05) is 31.7 Å². The van der Waals surface area contributed by atoms with E-state index in [0.29, 0.717) is 36.2 Å². The Morgan fingerprint density at radius 1 is 1.03 bits per heavy atom. The highest BCUT2D eigenvalue weighted by atomic mass is 32.2. The van der Waals surface area contributed by atoms with Crippen molar-refractivity contribution in [1.82, 2.24) is 9.21 Å². The fourth-order valence-electron chi connectivity index (χ4n) is 4.26. The first kappa shape index (κ1) is 24.6. The fourth-order valence-corrected chi connectivity index (χ4v) is 5.78. The van der Waals surface area contributed by atoms with Crippen LogP contribution in [0.5, 0.6) is 0 Å². The van der Waals surface area contributed by atoms with E-state index in [1.165, 1.54) is 35.7 Å². The van der Waals surface area contributed by atoms with Gasteiger partial charge in [0.15, 0.2) is 0 Å². The summed E-state index contributed by atoms with van der Waals surface area (Å²) < 4.78 is 32.0. The van der Waals surface area contributed by atoms with Crippen molar-refractivity contribution in [2.75, 3.05) is 32.1 Å². The number of imide groups is 1. The van der Waals surface area contributed by atoms with Gasteiger partial charge in [0.05, 0.1) is 29.1 Å². The zero-order chi connectivity index (χ0) is 25.2. The molecule has 0 radical (unpaired) electrons. The van der Waals surface area contributed by atoms with Crippen LogP contribution < -0.4 is 5.32 Å². The van der Waals surface area contributed by atoms with Gasteiger partial charge in [-0.2, -0.15) is 4.31 Å². The SMILES string of the molecule is COC(=O)[C@H]1CCCN(S(=O)(=O)c2ccc(NC(=O)CCN3C(=O)c4ccccc4C3=O)cc2)C1. The standard InChI is InChI=1S/C24H25N3O7S/c1-34-24(31)16-5-4-13-26(15-16)35(32,33)18-10-8-17(9-11-18)25-21(28)12-14-27-22(29)19-6-2-3-7-20(19)23(27)30/h2-3,6-11,16H,4-5,12-15H2,1H3,(H,25,28)/t16-/m0/s1. The molecule has 35 heavy (non-hydrogen) atoms. The van der Waals surface area contributed by atoms with Gasteiger partial charge in [0.1, 0.15) is 0 Å². The maximum absolute atomic E-state index is 13.0. The summed E-state index contributed by atoms with van der Waals surface area (Å²) in [6.45, 7) is 0.304. The molecule has 0 aromatic heterocycles. The predicted molar refractivity (Wildman–Crippen MR) is 125 cm³/mol. The molecular weight excluding hydrogens is 474 g/mol. The second-order valence-corrected chi connectivity index (χ2v) is 10.3. The maximum Gasteiger partial charge on any atom is 0.309 e. The van der Waals surface area contributed by atoms with Crippen LogP contribution in [-0.4, -0.2) is 68.1 Å². The average molecular weight is 500 g/mol. The Balaban J connectivity index is 1.34. The number of nitrogens with one attached hydrogen (secondary N) is 1. The van der Waals surface area contributed by atoms with Crippen LogP contribution in [0.15, 0.2) is 53.4 Å². The Morgan fingerprint density at radius 3 is 2.26 bits per heavy atom. The number of carbonyl (C=O) groups is 4. The molecule has 11 heteroatoms. The molecule has 0 spiro atoms. The van der Waals surface area contributed by atoms with Crippen molar-refractivity contribution < 1.29 is 32.3 Å². The number of ether oxygens (including phenoxy) is 1. The van der Waals surface area contributed by atoms with Gasteiger partial charge in [-0.05, 0) is 49.2 Å². The van der Waals surface area contributed by atoms with Crippen molar-refractivity contribution in [2.24, 2.45) is 5.92 Å². The Morgan fingerprint density at radius 2 is 1.66 bits per heavy atom. The third kappa shape index (κ3) is 4.96. The summed E-state index contributed by atoms with van der Waals surface area (Å²) in [4.78, 5) is 50.1. The van der Waals surface area contributed by atoms with Crippen molar-refractivity contribution in [3.8, 4) is 0 Å². The third-order valence-corrected chi connectivity index (χ3v) is 8.01. The molecule has 0 unspecified atom stereocenters. The lowest BCUT2D eigenvalue weighted by Gasteiger charge is -2.30. The molecule has 1 fully saturated rings. The van der Waals surface area contributed by atoms with Crippen molar-refractivity contribution in [1.29, 1.82) is 0 Å². The Hall–Kier alpha value is -3.57. The van der Waals surface area contributed by atoms with E-state index in [1.54, 1.807) is 24.3 Å². The van der Waals surface area contributed by atoms with Gasteiger partial charge in [-0.1, -0.05) is 12.1 Å². The Labute approximate surface area is 202 Å². The maximum atomic E-state index is 13.0. The number of rotatable bonds is 7. The molecule has 10 nitrogen and oxygen atoms in total. The van der Waals surface area contributed by atoms with E-state index < -0.39 is 39.6 Å². The van der Waals surface area contributed by atoms with Crippen LogP contribution in [0.2, 0.25) is 0 Å². The molecule has 184 valence electrons. The minimum atomic E-state index is -3.81. The van der Waals surface area contributed by atoms with Crippen LogP contribution in [0.3, 0.4) is 0 Å². The minimum absolute atomic E-state index is 0.0482. The number of fused-ring (bicyclic) bond motifs is 1. The first-order valence-electron chi connectivity index (χ1n) is 11.2. The largest absolute Gasteiger partial charge is 0.469 e. The van der Waals surface area contributed by atoms with Crippen molar-refractivity contribution >= 4 is 39.4 Å². The lowest BCUT2D eigenvalue weighted by Crippen LogP contribution is -2.42. The van der Waals surface area contributed by atoms with Crippen LogP contribution in [0.4, 0.5) is 5.69 Å². The number of benzene rings is 2. The number of sulfonamides is 1. The monoisotopic (exact) mass is 499 g/mol. The molecule has 3 amide bonds. The number of methoxy groups -OCH3 is 1. The summed E-state index contributed by atoms with van der Waals surface area (Å²) in [5, 5.41) is 2.65. The van der Waals surface area contributed by atoms with Gasteiger partial charge in [-0.15, -0.1) is 0 Å². The third-order valence-electron chi connectivity index (χ3n) is 6.14.